The molecule has 1 fully saturated rings. The van der Waals surface area contributed by atoms with E-state index in [1.54, 1.807) is 19.9 Å². The number of carbonyl (C=O) groups excluding carboxylic acids is 3. The molecule has 3 rings (SSSR count). The van der Waals surface area contributed by atoms with Gasteiger partial charge in [0, 0.05) is 6.07 Å². The third kappa shape index (κ3) is 5.96. The van der Waals surface area contributed by atoms with E-state index in [1.165, 1.54) is 25.3 Å². The van der Waals surface area contributed by atoms with E-state index in [9.17, 15) is 34.6 Å². The molecule has 0 radical (unpaired) electrons. The Kier molecular flexibility index (Phi) is 7.89. The summed E-state index contributed by atoms with van der Waals surface area (Å²) < 4.78 is 15.8. The Balaban J connectivity index is 1.90. The molecule has 0 saturated carbocycles. The first-order chi connectivity index (χ1) is 17.0. The van der Waals surface area contributed by atoms with Crippen LogP contribution in [0.1, 0.15) is 19.4 Å². The standard InChI is InChI=1S/C22H19N3O10S/c1-12(2)34-20(26)11-23-21(27)19(36-22(23)28)9-13-4-6-17(33-3)18(8-13)35-16-7-5-14(24(29)30)10-15(16)25(31)32/h4-10,12H,11H2,1-3H3/b19-9-. The first-order valence-electron chi connectivity index (χ1n) is 10.2. The van der Waals surface area contributed by atoms with Crippen molar-refractivity contribution in [1.29, 1.82) is 0 Å². The predicted molar refractivity (Wildman–Crippen MR) is 127 cm³/mol. The van der Waals surface area contributed by atoms with Crippen LogP contribution in [0, 0.1) is 20.2 Å². The number of nitro groups is 2. The SMILES string of the molecule is COc1ccc(/C=C2\SC(=O)N(CC(=O)OC(C)C)C2=O)cc1Oc1ccc([N+](=O)[O-])cc1[N+](=O)[O-]. The number of hydrogen-bond donors (Lipinski definition) is 0. The topological polar surface area (TPSA) is 168 Å². The van der Waals surface area contributed by atoms with Crippen LogP contribution in [0.3, 0.4) is 0 Å². The van der Waals surface area contributed by atoms with Crippen LogP contribution in [0.4, 0.5) is 16.2 Å². The molecule has 36 heavy (non-hydrogen) atoms. The van der Waals surface area contributed by atoms with Crippen molar-refractivity contribution in [2.45, 2.75) is 20.0 Å². The maximum atomic E-state index is 12.7. The van der Waals surface area contributed by atoms with Gasteiger partial charge in [0.25, 0.3) is 16.8 Å². The minimum atomic E-state index is -0.820. The number of nitrogens with zero attached hydrogens (tertiary/aromatic N) is 3. The summed E-state index contributed by atoms with van der Waals surface area (Å²) in [5, 5.41) is 21.8. The number of benzene rings is 2. The van der Waals surface area contributed by atoms with Crippen molar-refractivity contribution in [3.63, 3.8) is 0 Å². The van der Waals surface area contributed by atoms with E-state index < -0.39 is 51.0 Å². The van der Waals surface area contributed by atoms with Gasteiger partial charge in [-0.2, -0.15) is 0 Å². The number of imide groups is 1. The monoisotopic (exact) mass is 517 g/mol. The number of methoxy groups -OCH3 is 1. The number of non-ortho nitro benzene ring substituents is 1. The number of amides is 2. The third-order valence-electron chi connectivity index (χ3n) is 4.58. The Morgan fingerprint density at radius 3 is 2.36 bits per heavy atom. The summed E-state index contributed by atoms with van der Waals surface area (Å²) in [4.78, 5) is 58.4. The molecular weight excluding hydrogens is 498 g/mol. The van der Waals surface area contributed by atoms with Gasteiger partial charge in [0.1, 0.15) is 6.54 Å². The lowest BCUT2D eigenvalue weighted by Gasteiger charge is -2.13. The van der Waals surface area contributed by atoms with Crippen molar-refractivity contribution >= 4 is 46.3 Å². The van der Waals surface area contributed by atoms with E-state index in [2.05, 4.69) is 0 Å². The first kappa shape index (κ1) is 26.2. The third-order valence-corrected chi connectivity index (χ3v) is 5.49. The Morgan fingerprint density at radius 1 is 1.06 bits per heavy atom. The van der Waals surface area contributed by atoms with E-state index in [1.807, 2.05) is 0 Å². The molecule has 0 N–H and O–H groups in total. The molecule has 0 bridgehead atoms. The van der Waals surface area contributed by atoms with Gasteiger partial charge in [-0.3, -0.25) is 39.5 Å². The van der Waals surface area contributed by atoms with Gasteiger partial charge in [-0.1, -0.05) is 6.07 Å². The molecule has 2 aromatic carbocycles. The van der Waals surface area contributed by atoms with Crippen molar-refractivity contribution in [2.75, 3.05) is 13.7 Å². The van der Waals surface area contributed by atoms with Crippen molar-refractivity contribution < 1.29 is 38.4 Å². The number of nitro benzene ring substituents is 2. The molecule has 2 aromatic rings. The molecule has 188 valence electrons. The van der Waals surface area contributed by atoms with Crippen LogP contribution >= 0.6 is 11.8 Å². The summed E-state index contributed by atoms with van der Waals surface area (Å²) in [5.41, 5.74) is -0.737. The maximum absolute atomic E-state index is 12.7. The number of rotatable bonds is 9. The van der Waals surface area contributed by atoms with Crippen LogP contribution in [-0.4, -0.2) is 51.6 Å². The molecular formula is C22H19N3O10S. The second kappa shape index (κ2) is 10.9. The van der Waals surface area contributed by atoms with Crippen molar-refractivity contribution in [3.8, 4) is 17.2 Å². The van der Waals surface area contributed by atoms with Crippen molar-refractivity contribution in [3.05, 3.63) is 67.1 Å². The highest BCUT2D eigenvalue weighted by Crippen LogP contribution is 2.39. The maximum Gasteiger partial charge on any atom is 0.326 e. The van der Waals surface area contributed by atoms with Gasteiger partial charge in [0.05, 0.1) is 34.0 Å². The second-order valence-corrected chi connectivity index (χ2v) is 8.48. The van der Waals surface area contributed by atoms with Gasteiger partial charge in [-0.15, -0.1) is 0 Å². The van der Waals surface area contributed by atoms with E-state index in [-0.39, 0.29) is 22.2 Å². The van der Waals surface area contributed by atoms with Gasteiger partial charge in [0.15, 0.2) is 11.5 Å². The van der Waals surface area contributed by atoms with Crippen LogP contribution in [0.25, 0.3) is 6.08 Å². The largest absolute Gasteiger partial charge is 0.493 e. The zero-order valence-electron chi connectivity index (χ0n) is 19.2. The smallest absolute Gasteiger partial charge is 0.326 e. The van der Waals surface area contributed by atoms with Crippen LogP contribution in [0.5, 0.6) is 17.2 Å². The lowest BCUT2D eigenvalue weighted by atomic mass is 10.1. The highest BCUT2D eigenvalue weighted by molar-refractivity contribution is 8.18. The fraction of sp³-hybridized carbons (Fsp3) is 0.227. The molecule has 0 aliphatic carbocycles. The number of ether oxygens (including phenoxy) is 3. The van der Waals surface area contributed by atoms with Gasteiger partial charge in [0.2, 0.25) is 5.75 Å². The van der Waals surface area contributed by atoms with E-state index in [0.717, 1.165) is 23.1 Å². The second-order valence-electron chi connectivity index (χ2n) is 7.49. The average molecular weight is 517 g/mol. The minimum Gasteiger partial charge on any atom is -0.493 e. The number of esters is 1. The lowest BCUT2D eigenvalue weighted by molar-refractivity contribution is -0.394. The molecule has 1 aliphatic rings. The molecule has 1 saturated heterocycles. The molecule has 0 atom stereocenters. The molecule has 0 spiro atoms. The molecule has 0 unspecified atom stereocenters. The van der Waals surface area contributed by atoms with Gasteiger partial charge in [-0.05, 0) is 55.4 Å². The minimum absolute atomic E-state index is 0.0166. The van der Waals surface area contributed by atoms with Gasteiger partial charge < -0.3 is 14.2 Å². The molecule has 0 aromatic heterocycles. The molecule has 2 amide bonds. The quantitative estimate of drug-likeness (QED) is 0.201. The average Bonchev–Trinajstić information content (AvgIpc) is 3.06. The first-order valence-corrected chi connectivity index (χ1v) is 11.1. The van der Waals surface area contributed by atoms with Crippen LogP contribution in [-0.2, 0) is 14.3 Å². The molecule has 1 heterocycles. The highest BCUT2D eigenvalue weighted by Gasteiger charge is 2.37. The number of hydrogen-bond acceptors (Lipinski definition) is 11. The molecule has 14 heteroatoms. The fourth-order valence-electron chi connectivity index (χ4n) is 3.05. The van der Waals surface area contributed by atoms with E-state index in [4.69, 9.17) is 14.2 Å². The summed E-state index contributed by atoms with van der Waals surface area (Å²) in [5.74, 6) is -1.48. The number of carbonyl (C=O) groups is 3. The lowest BCUT2D eigenvalue weighted by Crippen LogP contribution is -2.35. The Morgan fingerprint density at radius 2 is 1.75 bits per heavy atom. The summed E-state index contributed by atoms with van der Waals surface area (Å²) >= 11 is 0.633. The summed E-state index contributed by atoms with van der Waals surface area (Å²) in [6.07, 6.45) is 0.979. The highest BCUT2D eigenvalue weighted by atomic mass is 32.2. The Labute approximate surface area is 207 Å². The zero-order valence-corrected chi connectivity index (χ0v) is 20.0. The fourth-order valence-corrected chi connectivity index (χ4v) is 3.88. The van der Waals surface area contributed by atoms with Crippen molar-refractivity contribution in [1.82, 2.24) is 4.90 Å². The van der Waals surface area contributed by atoms with Crippen LogP contribution in [0.15, 0.2) is 41.3 Å². The number of thioether (sulfide) groups is 1. The van der Waals surface area contributed by atoms with Crippen LogP contribution in [0.2, 0.25) is 0 Å². The molecule has 13 nitrogen and oxygen atoms in total. The van der Waals surface area contributed by atoms with Gasteiger partial charge >= 0.3 is 11.7 Å². The Bertz CT molecular complexity index is 1290. The summed E-state index contributed by atoms with van der Waals surface area (Å²) in [7, 11) is 1.34. The summed E-state index contributed by atoms with van der Waals surface area (Å²) in [6.45, 7) is 2.75. The summed E-state index contributed by atoms with van der Waals surface area (Å²) in [6, 6.07) is 7.35. The van der Waals surface area contributed by atoms with E-state index in [0.29, 0.717) is 17.3 Å². The van der Waals surface area contributed by atoms with Crippen molar-refractivity contribution in [2.24, 2.45) is 0 Å². The normalized spacial score (nSPS) is 14.3. The van der Waals surface area contributed by atoms with Gasteiger partial charge in [-0.25, -0.2) is 0 Å². The van der Waals surface area contributed by atoms with Crippen LogP contribution < -0.4 is 9.47 Å². The van der Waals surface area contributed by atoms with E-state index >= 15 is 0 Å². The zero-order chi connectivity index (χ0) is 26.6. The predicted octanol–water partition coefficient (Wildman–Crippen LogP) is 4.29. The Hall–Kier alpha value is -4.46. The molecule has 1 aliphatic heterocycles.